The zero-order valence-electron chi connectivity index (χ0n) is 9.11. The molecule has 1 aromatic heterocycles. The van der Waals surface area contributed by atoms with E-state index in [0.29, 0.717) is 0 Å². The van der Waals surface area contributed by atoms with Crippen LogP contribution in [0.2, 0.25) is 0 Å². The monoisotopic (exact) mass is 243 g/mol. The average Bonchev–Trinajstić information content (AvgIpc) is 2.33. The molecule has 1 aliphatic rings. The van der Waals surface area contributed by atoms with E-state index in [1.807, 2.05) is 0 Å². The third-order valence-corrected chi connectivity index (χ3v) is 2.90. The van der Waals surface area contributed by atoms with Gasteiger partial charge < -0.3 is 9.84 Å². The van der Waals surface area contributed by atoms with Gasteiger partial charge in [-0.3, -0.25) is 4.98 Å². The van der Waals surface area contributed by atoms with Crippen molar-refractivity contribution in [1.29, 1.82) is 0 Å². The van der Waals surface area contributed by atoms with Gasteiger partial charge in [0.15, 0.2) is 0 Å². The maximum atomic E-state index is 14.5. The van der Waals surface area contributed by atoms with Gasteiger partial charge in [0.05, 0.1) is 25.1 Å². The number of aromatic nitrogens is 1. The summed E-state index contributed by atoms with van der Waals surface area (Å²) in [4.78, 5) is 15.1. The molecule has 1 aromatic rings. The molecule has 0 aromatic carbocycles. The largest absolute Gasteiger partial charge is 0.466 e. The highest BCUT2D eigenvalue weighted by molar-refractivity contribution is 5.82. The molecule has 0 radical (unpaired) electrons. The van der Waals surface area contributed by atoms with Crippen molar-refractivity contribution in [2.75, 3.05) is 7.11 Å². The van der Waals surface area contributed by atoms with Gasteiger partial charge in [-0.25, -0.2) is 13.6 Å². The standard InChI is InChI=1S/C11H11F2NO3/c1-17-10(16)11(13)3-2-8(15)9-7(11)4-6(12)5-14-9/h4-5,8,15H,2-3H2,1H3/t8-,11+/m0/s1. The van der Waals surface area contributed by atoms with Crippen LogP contribution in [0.25, 0.3) is 0 Å². The molecule has 0 amide bonds. The normalized spacial score (nSPS) is 27.4. The number of hydrogen-bond acceptors (Lipinski definition) is 4. The van der Waals surface area contributed by atoms with Crippen LogP contribution in [-0.2, 0) is 15.2 Å². The summed E-state index contributed by atoms with van der Waals surface area (Å²) in [6.45, 7) is 0. The third kappa shape index (κ3) is 1.78. The summed E-state index contributed by atoms with van der Waals surface area (Å²) in [6.07, 6.45) is -0.319. The summed E-state index contributed by atoms with van der Waals surface area (Å²) < 4.78 is 32.0. The topological polar surface area (TPSA) is 59.4 Å². The molecule has 0 unspecified atom stereocenters. The minimum Gasteiger partial charge on any atom is -0.466 e. The van der Waals surface area contributed by atoms with E-state index in [-0.39, 0.29) is 24.1 Å². The summed E-state index contributed by atoms with van der Waals surface area (Å²) in [5.41, 5.74) is -2.69. The van der Waals surface area contributed by atoms with Crippen molar-refractivity contribution in [1.82, 2.24) is 4.98 Å². The van der Waals surface area contributed by atoms with Gasteiger partial charge in [-0.1, -0.05) is 0 Å². The maximum Gasteiger partial charge on any atom is 0.348 e. The second-order valence-corrected chi connectivity index (χ2v) is 3.93. The number of methoxy groups -OCH3 is 1. The van der Waals surface area contributed by atoms with Crippen molar-refractivity contribution < 1.29 is 23.4 Å². The van der Waals surface area contributed by atoms with E-state index in [2.05, 4.69) is 9.72 Å². The highest BCUT2D eigenvalue weighted by atomic mass is 19.1. The van der Waals surface area contributed by atoms with E-state index < -0.39 is 23.6 Å². The Balaban J connectivity index is 2.58. The molecule has 0 saturated carbocycles. The minimum atomic E-state index is -2.43. The van der Waals surface area contributed by atoms with Crippen molar-refractivity contribution in [3.8, 4) is 0 Å². The predicted octanol–water partition coefficient (Wildman–Crippen LogP) is 1.39. The summed E-state index contributed by atoms with van der Waals surface area (Å²) in [5.74, 6) is -1.86. The number of ether oxygens (including phenoxy) is 1. The van der Waals surface area contributed by atoms with Crippen LogP contribution in [0.15, 0.2) is 12.3 Å². The fraction of sp³-hybridized carbons (Fsp3) is 0.455. The lowest BCUT2D eigenvalue weighted by Gasteiger charge is -2.31. The Kier molecular flexibility index (Phi) is 2.82. The number of carbonyl (C=O) groups is 1. The van der Waals surface area contributed by atoms with Gasteiger partial charge in [-0.05, 0) is 18.9 Å². The number of aliphatic hydroxyl groups is 1. The fourth-order valence-electron chi connectivity index (χ4n) is 2.01. The van der Waals surface area contributed by atoms with Gasteiger partial charge in [0, 0.05) is 5.56 Å². The smallest absolute Gasteiger partial charge is 0.348 e. The molecule has 1 heterocycles. The Hall–Kier alpha value is -1.56. The molecule has 1 N–H and O–H groups in total. The third-order valence-electron chi connectivity index (χ3n) is 2.90. The Bertz CT molecular complexity index is 466. The Morgan fingerprint density at radius 2 is 2.41 bits per heavy atom. The molecule has 4 nitrogen and oxygen atoms in total. The number of esters is 1. The number of pyridine rings is 1. The highest BCUT2D eigenvalue weighted by Crippen LogP contribution is 2.43. The molecule has 0 aliphatic heterocycles. The average molecular weight is 243 g/mol. The van der Waals surface area contributed by atoms with E-state index in [0.717, 1.165) is 19.4 Å². The number of hydrogen-bond donors (Lipinski definition) is 1. The summed E-state index contributed by atoms with van der Waals surface area (Å²) in [7, 11) is 1.06. The van der Waals surface area contributed by atoms with Crippen LogP contribution >= 0.6 is 0 Å². The first-order valence-corrected chi connectivity index (χ1v) is 5.10. The second kappa shape index (κ2) is 4.03. The minimum absolute atomic E-state index is 0.00875. The second-order valence-electron chi connectivity index (χ2n) is 3.93. The predicted molar refractivity (Wildman–Crippen MR) is 53.2 cm³/mol. The number of nitrogens with zero attached hydrogens (tertiary/aromatic N) is 1. The summed E-state index contributed by atoms with van der Waals surface area (Å²) >= 11 is 0. The van der Waals surface area contributed by atoms with E-state index in [4.69, 9.17) is 0 Å². The molecule has 2 atom stereocenters. The van der Waals surface area contributed by atoms with Crippen molar-refractivity contribution in [3.63, 3.8) is 0 Å². The van der Waals surface area contributed by atoms with E-state index in [9.17, 15) is 18.7 Å². The highest BCUT2D eigenvalue weighted by Gasteiger charge is 2.48. The van der Waals surface area contributed by atoms with Crippen LogP contribution in [0.4, 0.5) is 8.78 Å². The van der Waals surface area contributed by atoms with Gasteiger partial charge in [0.2, 0.25) is 5.67 Å². The lowest BCUT2D eigenvalue weighted by molar-refractivity contribution is -0.157. The number of aliphatic hydroxyl groups excluding tert-OH is 1. The molecule has 0 bridgehead atoms. The fourth-order valence-corrected chi connectivity index (χ4v) is 2.01. The first kappa shape index (κ1) is 11.9. The van der Waals surface area contributed by atoms with Gasteiger partial charge in [0.25, 0.3) is 0 Å². The number of alkyl halides is 1. The maximum absolute atomic E-state index is 14.5. The number of rotatable bonds is 1. The van der Waals surface area contributed by atoms with Gasteiger partial charge in [-0.15, -0.1) is 0 Å². The Labute approximate surface area is 96.2 Å². The van der Waals surface area contributed by atoms with Gasteiger partial charge in [-0.2, -0.15) is 0 Å². The lowest BCUT2D eigenvalue weighted by atomic mass is 9.81. The van der Waals surface area contributed by atoms with Crippen LogP contribution < -0.4 is 0 Å². The van der Waals surface area contributed by atoms with Crippen molar-refractivity contribution in [2.45, 2.75) is 24.6 Å². The molecule has 2 rings (SSSR count). The molecular weight excluding hydrogens is 232 g/mol. The molecule has 0 fully saturated rings. The molecule has 92 valence electrons. The van der Waals surface area contributed by atoms with Crippen molar-refractivity contribution >= 4 is 5.97 Å². The van der Waals surface area contributed by atoms with Crippen LogP contribution in [0.5, 0.6) is 0 Å². The molecular formula is C11H11F2NO3. The summed E-state index contributed by atoms with van der Waals surface area (Å²) in [5, 5.41) is 9.64. The quantitative estimate of drug-likeness (QED) is 0.757. The number of fused-ring (bicyclic) bond motifs is 1. The van der Waals surface area contributed by atoms with Crippen molar-refractivity contribution in [3.05, 3.63) is 29.3 Å². The van der Waals surface area contributed by atoms with E-state index in [1.54, 1.807) is 0 Å². The summed E-state index contributed by atoms with van der Waals surface area (Å²) in [6, 6.07) is 0.877. The van der Waals surface area contributed by atoms with Gasteiger partial charge in [0.1, 0.15) is 5.82 Å². The molecule has 6 heteroatoms. The van der Waals surface area contributed by atoms with Crippen LogP contribution in [-0.4, -0.2) is 23.2 Å². The number of carbonyl (C=O) groups excluding carboxylic acids is 1. The van der Waals surface area contributed by atoms with Crippen LogP contribution in [0.3, 0.4) is 0 Å². The SMILES string of the molecule is COC(=O)[C@@]1(F)CC[C@H](O)c2ncc(F)cc21. The van der Waals surface area contributed by atoms with Gasteiger partial charge >= 0.3 is 5.97 Å². The zero-order valence-corrected chi connectivity index (χ0v) is 9.11. The van der Waals surface area contributed by atoms with E-state index in [1.165, 1.54) is 0 Å². The molecule has 1 aliphatic carbocycles. The van der Waals surface area contributed by atoms with Crippen LogP contribution in [0, 0.1) is 5.82 Å². The number of halogens is 2. The Morgan fingerprint density at radius 3 is 3.06 bits per heavy atom. The van der Waals surface area contributed by atoms with E-state index >= 15 is 0 Å². The van der Waals surface area contributed by atoms with Crippen LogP contribution in [0.1, 0.15) is 30.2 Å². The van der Waals surface area contributed by atoms with Crippen molar-refractivity contribution in [2.24, 2.45) is 0 Å². The zero-order chi connectivity index (χ0) is 12.6. The first-order chi connectivity index (χ1) is 7.99. The molecule has 0 spiro atoms. The lowest BCUT2D eigenvalue weighted by Crippen LogP contribution is -2.37. The molecule has 0 saturated heterocycles. The Morgan fingerprint density at radius 1 is 1.71 bits per heavy atom. The molecule has 17 heavy (non-hydrogen) atoms. The first-order valence-electron chi connectivity index (χ1n) is 5.10.